The number of aryl methyl sites for hydroxylation is 2. The second-order valence-electron chi connectivity index (χ2n) is 5.83. The Morgan fingerprint density at radius 2 is 1.90 bits per heavy atom. The molecule has 0 heterocycles. The van der Waals surface area contributed by atoms with E-state index in [0.29, 0.717) is 11.1 Å². The van der Waals surface area contributed by atoms with E-state index in [0.717, 1.165) is 25.7 Å². The molecule has 0 aromatic heterocycles. The van der Waals surface area contributed by atoms with Crippen molar-refractivity contribution in [2.75, 3.05) is 0 Å². The number of nitrogens with one attached hydrogen (secondary N) is 1. The van der Waals surface area contributed by atoms with E-state index in [9.17, 15) is 13.2 Å². The molecule has 5 nitrogen and oxygen atoms in total. The van der Waals surface area contributed by atoms with E-state index in [1.165, 1.54) is 6.07 Å². The van der Waals surface area contributed by atoms with Gasteiger partial charge in [-0.1, -0.05) is 13.0 Å². The van der Waals surface area contributed by atoms with Gasteiger partial charge in [0.25, 0.3) is 0 Å². The summed E-state index contributed by atoms with van der Waals surface area (Å²) in [5.74, 6) is -1.11. The number of rotatable bonds is 5. The highest BCUT2D eigenvalue weighted by molar-refractivity contribution is 7.89. The number of carbonyl (C=O) groups is 1. The summed E-state index contributed by atoms with van der Waals surface area (Å²) in [5, 5.41) is 9.17. The smallest absolute Gasteiger partial charge is 0.335 e. The van der Waals surface area contributed by atoms with Gasteiger partial charge in [-0.05, 0) is 56.7 Å². The molecular weight excluding hydrogens is 290 g/mol. The Labute approximate surface area is 125 Å². The molecule has 1 aromatic rings. The molecule has 0 aliphatic heterocycles. The number of hydrogen-bond acceptors (Lipinski definition) is 3. The average molecular weight is 311 g/mol. The fraction of sp³-hybridized carbons (Fsp3) is 0.533. The molecule has 0 unspecified atom stereocenters. The van der Waals surface area contributed by atoms with Crippen LogP contribution in [-0.4, -0.2) is 25.0 Å². The van der Waals surface area contributed by atoms with Crippen molar-refractivity contribution in [1.82, 2.24) is 4.72 Å². The quantitative estimate of drug-likeness (QED) is 0.875. The van der Waals surface area contributed by atoms with Gasteiger partial charge in [0.05, 0.1) is 10.5 Å². The Kier molecular flexibility index (Phi) is 4.13. The molecule has 1 saturated carbocycles. The minimum Gasteiger partial charge on any atom is -0.478 e. The topological polar surface area (TPSA) is 83.5 Å². The van der Waals surface area contributed by atoms with Crippen molar-refractivity contribution in [2.24, 2.45) is 0 Å². The molecule has 1 aliphatic rings. The highest BCUT2D eigenvalue weighted by Crippen LogP contribution is 2.36. The zero-order valence-corrected chi connectivity index (χ0v) is 13.4. The van der Waals surface area contributed by atoms with Crippen molar-refractivity contribution in [3.8, 4) is 0 Å². The van der Waals surface area contributed by atoms with E-state index >= 15 is 0 Å². The molecule has 0 amide bonds. The van der Waals surface area contributed by atoms with Crippen molar-refractivity contribution in [1.29, 1.82) is 0 Å². The Bertz CT molecular complexity index is 670. The first kappa shape index (κ1) is 16.0. The van der Waals surface area contributed by atoms with Crippen LogP contribution in [0.1, 0.15) is 54.1 Å². The largest absolute Gasteiger partial charge is 0.478 e. The Hall–Kier alpha value is -1.40. The third kappa shape index (κ3) is 2.96. The van der Waals surface area contributed by atoms with Gasteiger partial charge >= 0.3 is 5.97 Å². The van der Waals surface area contributed by atoms with E-state index in [1.54, 1.807) is 19.9 Å². The SMILES string of the molecule is CCC1(NS(=O)(=O)c2cc(C(=O)O)c(C)cc2C)CCC1. The van der Waals surface area contributed by atoms with Gasteiger partial charge in [-0.15, -0.1) is 0 Å². The second kappa shape index (κ2) is 5.42. The molecule has 1 aromatic carbocycles. The summed E-state index contributed by atoms with van der Waals surface area (Å²) in [4.78, 5) is 11.3. The molecule has 1 aliphatic carbocycles. The maximum absolute atomic E-state index is 12.6. The second-order valence-corrected chi connectivity index (χ2v) is 7.48. The van der Waals surface area contributed by atoms with Gasteiger partial charge in [0.2, 0.25) is 10.0 Å². The maximum Gasteiger partial charge on any atom is 0.335 e. The van der Waals surface area contributed by atoms with Crippen LogP contribution in [0.2, 0.25) is 0 Å². The van der Waals surface area contributed by atoms with Crippen molar-refractivity contribution >= 4 is 16.0 Å². The average Bonchev–Trinajstić information content (AvgIpc) is 2.33. The molecule has 0 atom stereocenters. The number of hydrogen-bond donors (Lipinski definition) is 2. The number of aromatic carboxylic acids is 1. The van der Waals surface area contributed by atoms with Crippen molar-refractivity contribution in [3.05, 3.63) is 28.8 Å². The molecule has 21 heavy (non-hydrogen) atoms. The fourth-order valence-electron chi connectivity index (χ4n) is 2.82. The van der Waals surface area contributed by atoms with E-state index in [1.807, 2.05) is 6.92 Å². The first-order valence-electron chi connectivity index (χ1n) is 7.09. The van der Waals surface area contributed by atoms with Gasteiger partial charge in [-0.3, -0.25) is 0 Å². The van der Waals surface area contributed by atoms with Gasteiger partial charge in [0.15, 0.2) is 0 Å². The highest BCUT2D eigenvalue weighted by atomic mass is 32.2. The summed E-state index contributed by atoms with van der Waals surface area (Å²) >= 11 is 0. The van der Waals surface area contributed by atoms with Crippen LogP contribution in [0.15, 0.2) is 17.0 Å². The third-order valence-electron chi connectivity index (χ3n) is 4.38. The number of carboxylic acids is 1. The maximum atomic E-state index is 12.6. The van der Waals surface area contributed by atoms with E-state index in [2.05, 4.69) is 4.72 Å². The van der Waals surface area contributed by atoms with E-state index in [4.69, 9.17) is 5.11 Å². The Morgan fingerprint density at radius 3 is 2.33 bits per heavy atom. The lowest BCUT2D eigenvalue weighted by Gasteiger charge is -2.41. The van der Waals surface area contributed by atoms with Gasteiger partial charge in [-0.25, -0.2) is 17.9 Å². The van der Waals surface area contributed by atoms with Crippen LogP contribution in [0.3, 0.4) is 0 Å². The molecule has 116 valence electrons. The number of benzene rings is 1. The van der Waals surface area contributed by atoms with Crippen molar-refractivity contribution in [3.63, 3.8) is 0 Å². The molecular formula is C15H21NO4S. The van der Waals surface area contributed by atoms with E-state index < -0.39 is 16.0 Å². The minimum absolute atomic E-state index is 0.0279. The fourth-order valence-corrected chi connectivity index (χ4v) is 4.61. The summed E-state index contributed by atoms with van der Waals surface area (Å²) < 4.78 is 28.0. The Balaban J connectivity index is 2.45. The highest BCUT2D eigenvalue weighted by Gasteiger charge is 2.39. The summed E-state index contributed by atoms with van der Waals surface area (Å²) in [6, 6.07) is 2.87. The predicted molar refractivity (Wildman–Crippen MR) is 80.1 cm³/mol. The molecule has 0 bridgehead atoms. The third-order valence-corrected chi connectivity index (χ3v) is 6.10. The van der Waals surface area contributed by atoms with Crippen LogP contribution in [-0.2, 0) is 10.0 Å². The predicted octanol–water partition coefficient (Wildman–Crippen LogP) is 2.61. The molecule has 1 fully saturated rings. The molecule has 2 N–H and O–H groups in total. The number of carboxylic acid groups (broad SMARTS) is 1. The monoisotopic (exact) mass is 311 g/mol. The molecule has 0 spiro atoms. The number of sulfonamides is 1. The van der Waals surface area contributed by atoms with Crippen molar-refractivity contribution < 1.29 is 18.3 Å². The molecule has 2 rings (SSSR count). The van der Waals surface area contributed by atoms with Gasteiger partial charge in [-0.2, -0.15) is 0 Å². The Morgan fingerprint density at radius 1 is 1.29 bits per heavy atom. The summed E-state index contributed by atoms with van der Waals surface area (Å²) in [6.45, 7) is 5.32. The lowest BCUT2D eigenvalue weighted by atomic mass is 9.76. The summed E-state index contributed by atoms with van der Waals surface area (Å²) in [7, 11) is -3.71. The van der Waals surface area contributed by atoms with Crippen LogP contribution >= 0.6 is 0 Å². The summed E-state index contributed by atoms with van der Waals surface area (Å²) in [5.41, 5.74) is 0.794. The first-order chi connectivity index (χ1) is 9.71. The van der Waals surface area contributed by atoms with Crippen LogP contribution in [0, 0.1) is 13.8 Å². The summed E-state index contributed by atoms with van der Waals surface area (Å²) in [6.07, 6.45) is 3.42. The minimum atomic E-state index is -3.71. The van der Waals surface area contributed by atoms with Crippen LogP contribution in [0.4, 0.5) is 0 Å². The van der Waals surface area contributed by atoms with E-state index in [-0.39, 0.29) is 16.0 Å². The molecule has 0 radical (unpaired) electrons. The normalized spacial score (nSPS) is 17.3. The van der Waals surface area contributed by atoms with Crippen LogP contribution in [0.25, 0.3) is 0 Å². The van der Waals surface area contributed by atoms with Crippen LogP contribution in [0.5, 0.6) is 0 Å². The van der Waals surface area contributed by atoms with Gasteiger partial charge < -0.3 is 5.11 Å². The standard InChI is InChI=1S/C15H21NO4S/c1-4-15(6-5-7-15)16-21(19,20)13-9-12(14(17)18)10(2)8-11(13)3/h8-9,16H,4-7H2,1-3H3,(H,17,18). The van der Waals surface area contributed by atoms with Crippen LogP contribution < -0.4 is 4.72 Å². The lowest BCUT2D eigenvalue weighted by Crippen LogP contribution is -2.52. The zero-order chi connectivity index (χ0) is 15.8. The molecule has 0 saturated heterocycles. The van der Waals surface area contributed by atoms with Gasteiger partial charge in [0, 0.05) is 5.54 Å². The van der Waals surface area contributed by atoms with Crippen molar-refractivity contribution in [2.45, 2.75) is 56.9 Å². The lowest BCUT2D eigenvalue weighted by molar-refractivity contribution is 0.0696. The van der Waals surface area contributed by atoms with Gasteiger partial charge in [0.1, 0.15) is 0 Å². The molecule has 6 heteroatoms. The zero-order valence-electron chi connectivity index (χ0n) is 12.6. The first-order valence-corrected chi connectivity index (χ1v) is 8.57.